The van der Waals surface area contributed by atoms with Crippen molar-refractivity contribution in [2.24, 2.45) is 5.92 Å². The van der Waals surface area contributed by atoms with Crippen LogP contribution in [0, 0.1) is 5.92 Å². The molecule has 0 aliphatic carbocycles. The molecule has 0 bridgehead atoms. The average molecular weight is 652 g/mol. The number of carboxylic acids is 2. The van der Waals surface area contributed by atoms with Crippen LogP contribution in [0.1, 0.15) is 103 Å². The number of ketones is 1. The zero-order valence-electron chi connectivity index (χ0n) is 27.2. The molecule has 1 aromatic carbocycles. The van der Waals surface area contributed by atoms with Gasteiger partial charge < -0.3 is 40.3 Å². The molecule has 12 nitrogen and oxygen atoms in total. The fourth-order valence-electron chi connectivity index (χ4n) is 4.81. The maximum Gasteiger partial charge on any atom is 0.339 e. The second-order valence-electron chi connectivity index (χ2n) is 11.5. The van der Waals surface area contributed by atoms with Gasteiger partial charge >= 0.3 is 11.9 Å². The number of carbonyl (C=O) groups excluding carboxylic acids is 2. The summed E-state index contributed by atoms with van der Waals surface area (Å²) in [5.74, 6) is -5.30. The van der Waals surface area contributed by atoms with Gasteiger partial charge in [0.2, 0.25) is 11.5 Å². The molecule has 0 spiro atoms. The number of benzene rings is 1. The Morgan fingerprint density at radius 1 is 0.870 bits per heavy atom. The molecule has 1 rings (SSSR count). The zero-order chi connectivity index (χ0) is 34.4. The van der Waals surface area contributed by atoms with Crippen molar-refractivity contribution in [3.63, 3.8) is 0 Å². The number of carbonyl (C=O) groups is 4. The number of rotatable bonds is 27. The molecule has 0 saturated carbocycles. The van der Waals surface area contributed by atoms with Gasteiger partial charge in [0.05, 0.1) is 19.1 Å². The fourth-order valence-corrected chi connectivity index (χ4v) is 4.81. The van der Waals surface area contributed by atoms with Crippen LogP contribution in [0.25, 0.3) is 0 Å². The van der Waals surface area contributed by atoms with E-state index in [9.17, 15) is 34.5 Å². The van der Waals surface area contributed by atoms with Gasteiger partial charge in [-0.25, -0.2) is 9.59 Å². The number of nitrogens with one attached hydrogen (secondary N) is 1. The Morgan fingerprint density at radius 2 is 1.48 bits per heavy atom. The number of carboxylic acid groups (broad SMARTS) is 2. The van der Waals surface area contributed by atoms with Crippen LogP contribution in [0.5, 0.6) is 5.75 Å². The van der Waals surface area contributed by atoms with E-state index in [0.717, 1.165) is 57.4 Å². The van der Waals surface area contributed by atoms with E-state index in [1.165, 1.54) is 12.5 Å². The monoisotopic (exact) mass is 651 g/mol. The lowest BCUT2D eigenvalue weighted by Gasteiger charge is -2.30. The minimum absolute atomic E-state index is 0.135. The summed E-state index contributed by atoms with van der Waals surface area (Å²) in [6.07, 6.45) is 13.5. The van der Waals surface area contributed by atoms with E-state index in [1.54, 1.807) is 24.3 Å². The van der Waals surface area contributed by atoms with E-state index in [0.29, 0.717) is 43.6 Å². The van der Waals surface area contributed by atoms with Gasteiger partial charge in [-0.1, -0.05) is 76.7 Å². The van der Waals surface area contributed by atoms with Gasteiger partial charge in [0.15, 0.2) is 0 Å². The van der Waals surface area contributed by atoms with Crippen LogP contribution in [0.4, 0.5) is 0 Å². The van der Waals surface area contributed by atoms with Crippen molar-refractivity contribution in [2.75, 3.05) is 13.2 Å². The van der Waals surface area contributed by atoms with Gasteiger partial charge in [-0.15, -0.1) is 0 Å². The zero-order valence-corrected chi connectivity index (χ0v) is 27.2. The van der Waals surface area contributed by atoms with Crippen molar-refractivity contribution < 1.29 is 54.2 Å². The van der Waals surface area contributed by atoms with Crippen molar-refractivity contribution >= 4 is 23.6 Å². The summed E-state index contributed by atoms with van der Waals surface area (Å²) in [5.41, 5.74) is -2.37. The first kappa shape index (κ1) is 40.7. The first-order valence-corrected chi connectivity index (χ1v) is 16.3. The predicted molar refractivity (Wildman–Crippen MR) is 171 cm³/mol. The summed E-state index contributed by atoms with van der Waals surface area (Å²) in [6, 6.07) is 5.18. The summed E-state index contributed by atoms with van der Waals surface area (Å²) in [6.45, 7) is 1.06. The highest BCUT2D eigenvalue weighted by Gasteiger charge is 2.48. The third-order valence-electron chi connectivity index (χ3n) is 7.53. The molecule has 1 amide bonds. The topological polar surface area (TPSA) is 200 Å². The molecule has 0 saturated heterocycles. The summed E-state index contributed by atoms with van der Waals surface area (Å²) < 4.78 is 10.1. The maximum atomic E-state index is 13.3. The number of hydrogen-bond acceptors (Lipinski definition) is 9. The average Bonchev–Trinajstić information content (AvgIpc) is 3.01. The second kappa shape index (κ2) is 23.1. The number of amides is 1. The molecule has 3 atom stereocenters. The second-order valence-corrected chi connectivity index (χ2v) is 11.5. The van der Waals surface area contributed by atoms with Crippen molar-refractivity contribution in [3.05, 3.63) is 42.0 Å². The van der Waals surface area contributed by atoms with Crippen LogP contribution in [-0.4, -0.2) is 80.5 Å². The highest BCUT2D eigenvalue weighted by atomic mass is 16.7. The Morgan fingerprint density at radius 3 is 2.02 bits per heavy atom. The highest BCUT2D eigenvalue weighted by Crippen LogP contribution is 2.23. The molecule has 1 aromatic rings. The summed E-state index contributed by atoms with van der Waals surface area (Å²) in [7, 11) is 0. The van der Waals surface area contributed by atoms with Gasteiger partial charge in [-0.3, -0.25) is 9.59 Å². The molecule has 0 fully saturated rings. The van der Waals surface area contributed by atoms with Gasteiger partial charge in [-0.2, -0.15) is 0 Å². The molecule has 46 heavy (non-hydrogen) atoms. The minimum atomic E-state index is -2.94. The van der Waals surface area contributed by atoms with Crippen LogP contribution in [0.15, 0.2) is 36.4 Å². The number of Topliss-reactive ketones (excluding diaryl/α,β-unsaturated/α-hetero) is 1. The number of unbranched alkanes of at least 4 members (excludes halogenated alkanes) is 8. The van der Waals surface area contributed by atoms with Crippen molar-refractivity contribution in [1.29, 1.82) is 0 Å². The van der Waals surface area contributed by atoms with Gasteiger partial charge in [-0.05, 0) is 49.8 Å². The number of ether oxygens (including phenoxy) is 2. The Labute approximate surface area is 271 Å². The Kier molecular flexibility index (Phi) is 20.4. The van der Waals surface area contributed by atoms with Crippen LogP contribution in [0.2, 0.25) is 0 Å². The number of hydrogen-bond donors (Lipinski definition) is 6. The molecule has 0 aliphatic heterocycles. The normalized spacial score (nSPS) is 14.1. The lowest BCUT2D eigenvalue weighted by molar-refractivity contribution is -0.256. The largest absolute Gasteiger partial charge is 0.494 e. The molecule has 0 unspecified atom stereocenters. The first-order chi connectivity index (χ1) is 21.9. The smallest absolute Gasteiger partial charge is 0.339 e. The lowest BCUT2D eigenvalue weighted by atomic mass is 9.86. The lowest BCUT2D eigenvalue weighted by Crippen LogP contribution is -2.57. The summed E-state index contributed by atoms with van der Waals surface area (Å²) >= 11 is 0. The van der Waals surface area contributed by atoms with Crippen LogP contribution < -0.4 is 10.1 Å². The van der Waals surface area contributed by atoms with E-state index in [4.69, 9.17) is 14.9 Å². The van der Waals surface area contributed by atoms with Gasteiger partial charge in [0, 0.05) is 19.3 Å². The van der Waals surface area contributed by atoms with Gasteiger partial charge in [0.1, 0.15) is 17.6 Å². The number of aliphatic hydroxyl groups is 3. The van der Waals surface area contributed by atoms with E-state index in [2.05, 4.69) is 17.0 Å². The molecule has 12 heteroatoms. The Hall–Kier alpha value is -3.32. The standard InChI is InChI=1S/C34H53NO11/c1-3-5-6-9-12-15-26(36)16-13-10-7-8-11-14-17-28(34(44,32(40)41)24-46-33(42)43)30(37)35-29(31(38)39)23-25-18-20-27(21-19-25)45-22-4-2/h14,17-21,28-29,33,42-44H,3-13,15-16,22-24H2,1-2H3,(H,35,37)(H,38,39)(H,40,41)/b17-14+/t28-,29+,34+/m1/s1. The van der Waals surface area contributed by atoms with Crippen LogP contribution in [0.3, 0.4) is 0 Å². The third-order valence-corrected chi connectivity index (χ3v) is 7.53. The predicted octanol–water partition coefficient (Wildman–Crippen LogP) is 4.13. The number of allylic oxidation sites excluding steroid dienone is 1. The summed E-state index contributed by atoms with van der Waals surface area (Å²) in [5, 5.41) is 51.1. The van der Waals surface area contributed by atoms with E-state index < -0.39 is 48.5 Å². The van der Waals surface area contributed by atoms with Crippen molar-refractivity contribution in [3.8, 4) is 5.75 Å². The molecular formula is C34H53NO11. The molecule has 0 heterocycles. The SMILES string of the molecule is CCCCCCCC(=O)CCCCCC/C=C/[C@H](C(=O)N[C@@H](Cc1ccc(OCCC)cc1)C(=O)O)[C@@](O)(COC(O)O)C(=O)O. The first-order valence-electron chi connectivity index (χ1n) is 16.3. The van der Waals surface area contributed by atoms with Crippen LogP contribution >= 0.6 is 0 Å². The minimum Gasteiger partial charge on any atom is -0.494 e. The number of aliphatic carboxylic acids is 2. The van der Waals surface area contributed by atoms with Crippen molar-refractivity contribution in [2.45, 2.75) is 122 Å². The fraction of sp³-hybridized carbons (Fsp3) is 0.647. The quantitative estimate of drug-likeness (QED) is 0.0454. The van der Waals surface area contributed by atoms with Gasteiger partial charge in [0.25, 0.3) is 6.48 Å². The molecule has 0 radical (unpaired) electrons. The molecule has 0 aromatic heterocycles. The highest BCUT2D eigenvalue weighted by molar-refractivity contribution is 5.92. The summed E-state index contributed by atoms with van der Waals surface area (Å²) in [4.78, 5) is 49.5. The van der Waals surface area contributed by atoms with Crippen molar-refractivity contribution in [1.82, 2.24) is 5.32 Å². The Bertz CT molecular complexity index is 1070. The maximum absolute atomic E-state index is 13.3. The number of aliphatic hydroxyl groups excluding tert-OH is 1. The Balaban J connectivity index is 2.84. The third kappa shape index (κ3) is 16.3. The molecular weight excluding hydrogens is 598 g/mol. The van der Waals surface area contributed by atoms with E-state index >= 15 is 0 Å². The van der Waals surface area contributed by atoms with E-state index in [1.807, 2.05) is 6.92 Å². The molecule has 0 aliphatic rings. The van der Waals surface area contributed by atoms with Crippen LogP contribution in [-0.2, 0) is 30.3 Å². The molecule has 260 valence electrons. The molecule has 6 N–H and O–H groups in total. The van der Waals surface area contributed by atoms with E-state index in [-0.39, 0.29) is 12.2 Å².